The van der Waals surface area contributed by atoms with E-state index in [1.54, 1.807) is 0 Å². The Balaban J connectivity index is 2.05. The first kappa shape index (κ1) is 17.4. The van der Waals surface area contributed by atoms with Gasteiger partial charge in [0.25, 0.3) is 0 Å². The topological polar surface area (TPSA) is 75.4 Å². The molecule has 1 aliphatic rings. The third kappa shape index (κ3) is 4.76. The smallest absolute Gasteiger partial charge is 0.244 e. The predicted molar refractivity (Wildman–Crippen MR) is 86.0 cm³/mol. The molecule has 3 N–H and O–H groups in total. The minimum absolute atomic E-state index is 0.236. The summed E-state index contributed by atoms with van der Waals surface area (Å²) in [6.45, 7) is 3.60. The number of halogens is 1. The zero-order chi connectivity index (χ0) is 16.8. The molecule has 1 aromatic rings. The van der Waals surface area contributed by atoms with Crippen molar-refractivity contribution >= 4 is 11.8 Å². The van der Waals surface area contributed by atoms with Gasteiger partial charge in [-0.1, -0.05) is 25.0 Å². The molecule has 23 heavy (non-hydrogen) atoms. The van der Waals surface area contributed by atoms with Crippen LogP contribution >= 0.6 is 0 Å². The fraction of sp³-hybridized carbons (Fsp3) is 0.529. The number of carbonyl (C=O) groups excluding carboxylic acids is 2. The third-order valence-electron chi connectivity index (χ3n) is 4.34. The van der Waals surface area contributed by atoms with E-state index in [4.69, 9.17) is 5.73 Å². The molecule has 1 saturated heterocycles. The molecule has 1 aromatic carbocycles. The van der Waals surface area contributed by atoms with Gasteiger partial charge in [0, 0.05) is 0 Å². The molecule has 0 radical (unpaired) electrons. The minimum atomic E-state index is -0.947. The molecule has 0 aliphatic carbocycles. The lowest BCUT2D eigenvalue weighted by molar-refractivity contribution is -0.130. The summed E-state index contributed by atoms with van der Waals surface area (Å²) >= 11 is 0. The number of hydrogen-bond acceptors (Lipinski definition) is 3. The number of nitrogens with zero attached hydrogens (tertiary/aromatic N) is 1. The maximum atomic E-state index is 13.0. The summed E-state index contributed by atoms with van der Waals surface area (Å²) in [5, 5.41) is 2.69. The summed E-state index contributed by atoms with van der Waals surface area (Å²) in [5.74, 6) is -1.30. The van der Waals surface area contributed by atoms with Crippen LogP contribution in [-0.2, 0) is 9.59 Å². The van der Waals surface area contributed by atoms with E-state index in [1.165, 1.54) is 37.1 Å². The van der Waals surface area contributed by atoms with E-state index in [0.717, 1.165) is 25.9 Å². The summed E-state index contributed by atoms with van der Waals surface area (Å²) in [4.78, 5) is 26.3. The number of rotatable bonds is 5. The minimum Gasteiger partial charge on any atom is -0.368 e. The van der Waals surface area contributed by atoms with Gasteiger partial charge in [-0.3, -0.25) is 14.5 Å². The van der Waals surface area contributed by atoms with Crippen LogP contribution in [-0.4, -0.2) is 35.8 Å². The number of hydrogen-bond donors (Lipinski definition) is 2. The number of amides is 2. The molecule has 126 valence electrons. The first-order valence-corrected chi connectivity index (χ1v) is 8.08. The normalized spacial score (nSPS) is 18.7. The number of nitrogens with one attached hydrogen (secondary N) is 1. The van der Waals surface area contributed by atoms with Crippen molar-refractivity contribution in [3.05, 3.63) is 35.6 Å². The van der Waals surface area contributed by atoms with Crippen LogP contribution in [0, 0.1) is 5.82 Å². The Kier molecular flexibility index (Phi) is 6.10. The first-order chi connectivity index (χ1) is 11.0. The Labute approximate surface area is 136 Å². The summed E-state index contributed by atoms with van der Waals surface area (Å²) in [6.07, 6.45) is 4.53. The summed E-state index contributed by atoms with van der Waals surface area (Å²) < 4.78 is 13.0. The van der Waals surface area contributed by atoms with Crippen molar-refractivity contribution in [3.8, 4) is 0 Å². The monoisotopic (exact) mass is 321 g/mol. The second-order valence-electron chi connectivity index (χ2n) is 6.02. The highest BCUT2D eigenvalue weighted by atomic mass is 19.1. The van der Waals surface area contributed by atoms with Gasteiger partial charge in [0.1, 0.15) is 11.9 Å². The molecule has 0 saturated carbocycles. The molecule has 1 heterocycles. The Hall–Kier alpha value is -1.95. The second-order valence-corrected chi connectivity index (χ2v) is 6.02. The number of primary amides is 1. The lowest BCUT2D eigenvalue weighted by Crippen LogP contribution is -2.48. The summed E-state index contributed by atoms with van der Waals surface area (Å²) in [7, 11) is 0. The SMILES string of the molecule is C[C@@H](C(=O)N[C@@H](C(N)=O)c1ccc(F)cc1)N1CCCCCC1. The van der Waals surface area contributed by atoms with Gasteiger partial charge in [-0.15, -0.1) is 0 Å². The lowest BCUT2D eigenvalue weighted by atomic mass is 10.1. The fourth-order valence-corrected chi connectivity index (χ4v) is 2.89. The zero-order valence-corrected chi connectivity index (χ0v) is 13.4. The average molecular weight is 321 g/mol. The molecule has 1 aliphatic heterocycles. The second kappa shape index (κ2) is 8.06. The van der Waals surface area contributed by atoms with Gasteiger partial charge in [0.05, 0.1) is 6.04 Å². The van der Waals surface area contributed by atoms with E-state index in [9.17, 15) is 14.0 Å². The number of likely N-dealkylation sites (tertiary alicyclic amines) is 1. The van der Waals surface area contributed by atoms with E-state index in [-0.39, 0.29) is 11.9 Å². The van der Waals surface area contributed by atoms with Gasteiger partial charge in [-0.05, 0) is 50.6 Å². The van der Waals surface area contributed by atoms with Gasteiger partial charge < -0.3 is 11.1 Å². The fourth-order valence-electron chi connectivity index (χ4n) is 2.89. The first-order valence-electron chi connectivity index (χ1n) is 8.08. The van der Waals surface area contributed by atoms with E-state index in [1.807, 2.05) is 6.92 Å². The third-order valence-corrected chi connectivity index (χ3v) is 4.34. The van der Waals surface area contributed by atoms with E-state index < -0.39 is 17.8 Å². The van der Waals surface area contributed by atoms with Crippen molar-refractivity contribution in [2.75, 3.05) is 13.1 Å². The number of benzene rings is 1. The van der Waals surface area contributed by atoms with E-state index >= 15 is 0 Å². The number of nitrogens with two attached hydrogens (primary N) is 1. The summed E-state index contributed by atoms with van der Waals surface area (Å²) in [5.41, 5.74) is 5.88. The molecule has 0 unspecified atom stereocenters. The molecule has 2 rings (SSSR count). The standard InChI is InChI=1S/C17H24FN3O2/c1-12(21-10-4-2-3-5-11-21)17(23)20-15(16(19)22)13-6-8-14(18)9-7-13/h6-9,12,15H,2-5,10-11H2,1H3,(H2,19,22)(H,20,23)/t12-,15+/m0/s1. The Morgan fingerprint density at radius 2 is 1.70 bits per heavy atom. The predicted octanol–water partition coefficient (Wildman–Crippen LogP) is 1.73. The highest BCUT2D eigenvalue weighted by Crippen LogP contribution is 2.16. The van der Waals surface area contributed by atoms with Crippen LogP contribution in [0.4, 0.5) is 4.39 Å². The quantitative estimate of drug-likeness (QED) is 0.867. The van der Waals surface area contributed by atoms with Crippen LogP contribution in [0.15, 0.2) is 24.3 Å². The largest absolute Gasteiger partial charge is 0.368 e. The van der Waals surface area contributed by atoms with Crippen LogP contribution < -0.4 is 11.1 Å². The molecule has 0 bridgehead atoms. The van der Waals surface area contributed by atoms with Crippen molar-refractivity contribution < 1.29 is 14.0 Å². The molecular weight excluding hydrogens is 297 g/mol. The van der Waals surface area contributed by atoms with Gasteiger partial charge in [0.15, 0.2) is 0 Å². The van der Waals surface area contributed by atoms with E-state index in [2.05, 4.69) is 10.2 Å². The molecule has 2 atom stereocenters. The molecular formula is C17H24FN3O2. The van der Waals surface area contributed by atoms with Crippen molar-refractivity contribution in [2.24, 2.45) is 5.73 Å². The van der Waals surface area contributed by atoms with Crippen LogP contribution in [0.25, 0.3) is 0 Å². The van der Waals surface area contributed by atoms with Crippen molar-refractivity contribution in [2.45, 2.75) is 44.7 Å². The van der Waals surface area contributed by atoms with Crippen molar-refractivity contribution in [1.82, 2.24) is 10.2 Å². The Morgan fingerprint density at radius 1 is 1.13 bits per heavy atom. The molecule has 6 heteroatoms. The highest BCUT2D eigenvalue weighted by molar-refractivity contribution is 5.89. The maximum Gasteiger partial charge on any atom is 0.244 e. The summed E-state index contributed by atoms with van der Waals surface area (Å²) in [6, 6.07) is 4.14. The van der Waals surface area contributed by atoms with Gasteiger partial charge in [0.2, 0.25) is 11.8 Å². The van der Waals surface area contributed by atoms with Gasteiger partial charge in [-0.2, -0.15) is 0 Å². The lowest BCUT2D eigenvalue weighted by Gasteiger charge is -2.28. The molecule has 1 fully saturated rings. The van der Waals surface area contributed by atoms with Crippen LogP contribution in [0.2, 0.25) is 0 Å². The van der Waals surface area contributed by atoms with Crippen LogP contribution in [0.3, 0.4) is 0 Å². The van der Waals surface area contributed by atoms with Crippen molar-refractivity contribution in [3.63, 3.8) is 0 Å². The molecule has 2 amide bonds. The zero-order valence-electron chi connectivity index (χ0n) is 13.4. The van der Waals surface area contributed by atoms with Gasteiger partial charge >= 0.3 is 0 Å². The molecule has 5 nitrogen and oxygen atoms in total. The average Bonchev–Trinajstić information content (AvgIpc) is 2.81. The Bertz CT molecular complexity index is 539. The van der Waals surface area contributed by atoms with E-state index in [0.29, 0.717) is 5.56 Å². The molecule has 0 aromatic heterocycles. The number of carbonyl (C=O) groups is 2. The highest BCUT2D eigenvalue weighted by Gasteiger charge is 2.26. The maximum absolute atomic E-state index is 13.0. The Morgan fingerprint density at radius 3 is 2.22 bits per heavy atom. The van der Waals surface area contributed by atoms with Gasteiger partial charge in [-0.25, -0.2) is 4.39 Å². The van der Waals surface area contributed by atoms with Crippen molar-refractivity contribution in [1.29, 1.82) is 0 Å². The molecule has 0 spiro atoms. The van der Waals surface area contributed by atoms with Crippen LogP contribution in [0.1, 0.15) is 44.2 Å². The van der Waals surface area contributed by atoms with Crippen LogP contribution in [0.5, 0.6) is 0 Å².